The topological polar surface area (TPSA) is 95.9 Å². The van der Waals surface area contributed by atoms with E-state index >= 15 is 0 Å². The number of ether oxygens (including phenoxy) is 1. The second-order valence-corrected chi connectivity index (χ2v) is 4.08. The van der Waals surface area contributed by atoms with Crippen molar-refractivity contribution >= 4 is 11.9 Å². The van der Waals surface area contributed by atoms with Gasteiger partial charge < -0.3 is 20.3 Å². The Morgan fingerprint density at radius 3 is 2.50 bits per heavy atom. The lowest BCUT2D eigenvalue weighted by atomic mass is 9.77. The molecule has 1 fully saturated rings. The lowest BCUT2D eigenvalue weighted by Crippen LogP contribution is -2.45. The lowest BCUT2D eigenvalue weighted by molar-refractivity contribution is -0.146. The van der Waals surface area contributed by atoms with E-state index in [9.17, 15) is 9.59 Å². The van der Waals surface area contributed by atoms with Crippen LogP contribution in [0.4, 0.5) is 0 Å². The van der Waals surface area contributed by atoms with Gasteiger partial charge >= 0.3 is 5.97 Å². The Balaban J connectivity index is 2.28. The van der Waals surface area contributed by atoms with Crippen molar-refractivity contribution in [3.63, 3.8) is 0 Å². The quantitative estimate of drug-likeness (QED) is 0.573. The minimum atomic E-state index is -1.55. The van der Waals surface area contributed by atoms with Gasteiger partial charge in [-0.2, -0.15) is 0 Å². The van der Waals surface area contributed by atoms with Gasteiger partial charge in [0.2, 0.25) is 5.91 Å². The zero-order valence-electron chi connectivity index (χ0n) is 9.23. The molecule has 16 heavy (non-hydrogen) atoms. The average molecular weight is 231 g/mol. The highest BCUT2D eigenvalue weighted by Gasteiger charge is 2.39. The van der Waals surface area contributed by atoms with Crippen LogP contribution in [0.5, 0.6) is 0 Å². The molecule has 92 valence electrons. The van der Waals surface area contributed by atoms with Crippen LogP contribution in [0.1, 0.15) is 25.7 Å². The molecule has 1 rings (SSSR count). The van der Waals surface area contributed by atoms with Gasteiger partial charge in [0.25, 0.3) is 0 Å². The van der Waals surface area contributed by atoms with E-state index in [0.717, 1.165) is 19.3 Å². The maximum absolute atomic E-state index is 11.4. The van der Waals surface area contributed by atoms with Gasteiger partial charge in [-0.3, -0.25) is 4.79 Å². The minimum Gasteiger partial charge on any atom is -0.479 e. The van der Waals surface area contributed by atoms with Crippen molar-refractivity contribution in [2.24, 2.45) is 0 Å². The second-order valence-electron chi connectivity index (χ2n) is 4.08. The van der Waals surface area contributed by atoms with E-state index < -0.39 is 12.1 Å². The zero-order valence-corrected chi connectivity index (χ0v) is 9.23. The largest absolute Gasteiger partial charge is 0.479 e. The molecule has 0 unspecified atom stereocenters. The van der Waals surface area contributed by atoms with Gasteiger partial charge in [0.05, 0.1) is 18.6 Å². The van der Waals surface area contributed by atoms with E-state index in [1.165, 1.54) is 0 Å². The Morgan fingerprint density at radius 2 is 2.12 bits per heavy atom. The number of aliphatic carboxylic acids is 1. The maximum atomic E-state index is 11.4. The molecule has 0 aromatic heterocycles. The zero-order chi connectivity index (χ0) is 12.2. The number of aliphatic hydroxyl groups excluding tert-OH is 1. The van der Waals surface area contributed by atoms with Crippen molar-refractivity contribution < 1.29 is 24.5 Å². The summed E-state index contributed by atoms with van der Waals surface area (Å²) in [5.74, 6) is -1.63. The third kappa shape index (κ3) is 3.18. The van der Waals surface area contributed by atoms with Crippen LogP contribution < -0.4 is 5.32 Å². The Bertz CT molecular complexity index is 269. The van der Waals surface area contributed by atoms with Crippen LogP contribution in [0, 0.1) is 0 Å². The van der Waals surface area contributed by atoms with Crippen molar-refractivity contribution in [3.05, 3.63) is 0 Å². The third-order valence-corrected chi connectivity index (χ3v) is 2.96. The highest BCUT2D eigenvalue weighted by atomic mass is 16.5. The molecule has 0 aromatic carbocycles. The number of rotatable bonds is 6. The number of carboxylic acid groups (broad SMARTS) is 1. The van der Waals surface area contributed by atoms with E-state index in [2.05, 4.69) is 5.32 Å². The number of nitrogens with one attached hydrogen (secondary N) is 1. The summed E-state index contributed by atoms with van der Waals surface area (Å²) in [6.45, 7) is -0.270. The molecular formula is C10H17NO5. The standard InChI is InChI=1S/C10H17NO5/c1-16-10(3-2-4-10)5-8(13)11-6-7(12)9(14)15/h7,12H,2-6H2,1H3,(H,11,13)(H,14,15)/t7-/m0/s1. The van der Waals surface area contributed by atoms with E-state index in [1.807, 2.05) is 0 Å². The summed E-state index contributed by atoms with van der Waals surface area (Å²) < 4.78 is 5.26. The fourth-order valence-corrected chi connectivity index (χ4v) is 1.68. The summed E-state index contributed by atoms with van der Waals surface area (Å²) in [7, 11) is 1.57. The van der Waals surface area contributed by atoms with Crippen LogP contribution in [0.2, 0.25) is 0 Å². The van der Waals surface area contributed by atoms with Gasteiger partial charge in [-0.15, -0.1) is 0 Å². The molecule has 0 spiro atoms. The van der Waals surface area contributed by atoms with Gasteiger partial charge in [-0.1, -0.05) is 0 Å². The molecule has 6 nitrogen and oxygen atoms in total. The molecule has 1 aliphatic carbocycles. The summed E-state index contributed by atoms with van der Waals surface area (Å²) in [6.07, 6.45) is 1.40. The monoisotopic (exact) mass is 231 g/mol. The van der Waals surface area contributed by atoms with Gasteiger partial charge in [0.1, 0.15) is 0 Å². The highest BCUT2D eigenvalue weighted by Crippen LogP contribution is 2.37. The molecule has 3 N–H and O–H groups in total. The van der Waals surface area contributed by atoms with Gasteiger partial charge in [0, 0.05) is 7.11 Å². The number of aliphatic hydroxyl groups is 1. The van der Waals surface area contributed by atoms with E-state index in [0.29, 0.717) is 0 Å². The number of hydrogen-bond donors (Lipinski definition) is 3. The molecule has 0 heterocycles. The van der Waals surface area contributed by atoms with Crippen LogP contribution in [-0.2, 0) is 14.3 Å². The van der Waals surface area contributed by atoms with Crippen molar-refractivity contribution in [1.29, 1.82) is 0 Å². The average Bonchev–Trinajstić information content (AvgIpc) is 2.19. The van der Waals surface area contributed by atoms with Gasteiger partial charge in [0.15, 0.2) is 6.10 Å². The fourth-order valence-electron chi connectivity index (χ4n) is 1.68. The Morgan fingerprint density at radius 1 is 1.50 bits per heavy atom. The highest BCUT2D eigenvalue weighted by molar-refractivity contribution is 5.78. The Hall–Kier alpha value is -1.14. The number of hydrogen-bond acceptors (Lipinski definition) is 4. The minimum absolute atomic E-state index is 0.218. The Kier molecular flexibility index (Phi) is 4.26. The summed E-state index contributed by atoms with van der Waals surface area (Å²) in [5.41, 5.74) is -0.377. The van der Waals surface area contributed by atoms with E-state index in [4.69, 9.17) is 14.9 Å². The SMILES string of the molecule is COC1(CC(=O)NC[C@H](O)C(=O)O)CCC1. The Labute approximate surface area is 93.6 Å². The van der Waals surface area contributed by atoms with Crippen molar-refractivity contribution in [2.45, 2.75) is 37.4 Å². The van der Waals surface area contributed by atoms with Gasteiger partial charge in [-0.05, 0) is 19.3 Å². The molecular weight excluding hydrogens is 214 g/mol. The van der Waals surface area contributed by atoms with Crippen LogP contribution >= 0.6 is 0 Å². The molecule has 0 aliphatic heterocycles. The second kappa shape index (κ2) is 5.27. The molecule has 0 radical (unpaired) electrons. The number of methoxy groups -OCH3 is 1. The summed E-state index contributed by atoms with van der Waals surface area (Å²) in [6, 6.07) is 0. The molecule has 1 aliphatic rings. The fraction of sp³-hybridized carbons (Fsp3) is 0.800. The van der Waals surface area contributed by atoms with Crippen LogP contribution in [-0.4, -0.2) is 47.4 Å². The summed E-state index contributed by atoms with van der Waals surface area (Å²) in [4.78, 5) is 21.7. The third-order valence-electron chi connectivity index (χ3n) is 2.96. The van der Waals surface area contributed by atoms with Crippen molar-refractivity contribution in [3.8, 4) is 0 Å². The van der Waals surface area contributed by atoms with E-state index in [1.54, 1.807) is 7.11 Å². The summed E-state index contributed by atoms with van der Waals surface area (Å²) in [5, 5.41) is 19.7. The number of carbonyl (C=O) groups excluding carboxylic acids is 1. The lowest BCUT2D eigenvalue weighted by Gasteiger charge is -2.39. The number of carbonyl (C=O) groups is 2. The molecule has 1 atom stereocenters. The predicted molar refractivity (Wildman–Crippen MR) is 54.9 cm³/mol. The molecule has 6 heteroatoms. The first-order valence-electron chi connectivity index (χ1n) is 5.22. The number of amides is 1. The van der Waals surface area contributed by atoms with Gasteiger partial charge in [-0.25, -0.2) is 4.79 Å². The smallest absolute Gasteiger partial charge is 0.334 e. The molecule has 1 amide bonds. The molecule has 0 aromatic rings. The molecule has 1 saturated carbocycles. The van der Waals surface area contributed by atoms with Crippen LogP contribution in [0.3, 0.4) is 0 Å². The van der Waals surface area contributed by atoms with Crippen LogP contribution in [0.15, 0.2) is 0 Å². The normalized spacial score (nSPS) is 19.6. The molecule has 0 saturated heterocycles. The van der Waals surface area contributed by atoms with Crippen LogP contribution in [0.25, 0.3) is 0 Å². The first kappa shape index (κ1) is 12.9. The number of carboxylic acids is 1. The maximum Gasteiger partial charge on any atom is 0.334 e. The van der Waals surface area contributed by atoms with Crippen molar-refractivity contribution in [2.75, 3.05) is 13.7 Å². The van der Waals surface area contributed by atoms with Crippen molar-refractivity contribution in [1.82, 2.24) is 5.32 Å². The predicted octanol–water partition coefficient (Wildman–Crippen LogP) is -0.493. The molecule has 0 bridgehead atoms. The summed E-state index contributed by atoms with van der Waals surface area (Å²) >= 11 is 0. The van der Waals surface area contributed by atoms with E-state index in [-0.39, 0.29) is 24.5 Å². The first-order valence-corrected chi connectivity index (χ1v) is 5.22. The first-order chi connectivity index (χ1) is 7.49.